The Hall–Kier alpha value is -3.15. The van der Waals surface area contributed by atoms with E-state index < -0.39 is 59.8 Å². The average Bonchev–Trinajstić information content (AvgIpc) is 3.17. The minimum atomic E-state index is -5.89. The number of carbonyl (C=O) groups is 2. The fourth-order valence-corrected chi connectivity index (χ4v) is 6.12. The van der Waals surface area contributed by atoms with Gasteiger partial charge in [-0.25, -0.2) is 18.5 Å². The normalized spacial score (nSPS) is 22.7. The van der Waals surface area contributed by atoms with Crippen molar-refractivity contribution in [2.24, 2.45) is 0 Å². The summed E-state index contributed by atoms with van der Waals surface area (Å²) in [7, 11) is -17.4. The molecule has 0 aliphatic carbocycles. The van der Waals surface area contributed by atoms with Gasteiger partial charge in [-0.2, -0.15) is 18.5 Å². The van der Waals surface area contributed by atoms with Gasteiger partial charge in [-0.15, -0.1) is 4.67 Å². The van der Waals surface area contributed by atoms with Gasteiger partial charge in [0.05, 0.1) is 12.1 Å². The van der Waals surface area contributed by atoms with Crippen LogP contribution in [0.2, 0.25) is 0 Å². The number of nitrogen functional groups attached to an aromatic ring is 1. The molecule has 1 saturated heterocycles. The second-order valence-electron chi connectivity index (χ2n) is 8.49. The number of phosphoric acid groups is 3. The molecule has 2 heterocycles. The number of Topliss-reactive ketones (excluding diaryl/α,β-unsaturated/α-hetero) is 1. The molecule has 0 saturated carbocycles. The number of amides is 1. The third kappa shape index (κ3) is 9.67. The van der Waals surface area contributed by atoms with Crippen LogP contribution in [0.15, 0.2) is 35.3 Å². The minimum Gasteiger partial charge on any atom is -0.385 e. The molecule has 2 aromatic rings. The number of hydrogen-bond acceptors (Lipinski definition) is 15. The fourth-order valence-electron chi connectivity index (χ4n) is 3.31. The molecule has 1 aliphatic heterocycles. The number of nitrogens with one attached hydrogen (secondary N) is 1. The molecule has 1 aromatic carbocycles. The van der Waals surface area contributed by atoms with Gasteiger partial charge in [0.25, 0.3) is 5.91 Å². The summed E-state index contributed by atoms with van der Waals surface area (Å²) in [6.07, 6.45) is -7.12. The second-order valence-corrected chi connectivity index (χ2v) is 12.8. The highest BCUT2D eigenvalue weighted by Crippen LogP contribution is 2.66. The van der Waals surface area contributed by atoms with Crippen molar-refractivity contribution in [2.75, 3.05) is 12.3 Å². The van der Waals surface area contributed by atoms with E-state index in [0.29, 0.717) is 10.1 Å². The van der Waals surface area contributed by atoms with Crippen molar-refractivity contribution in [1.29, 1.82) is 0 Å². The van der Waals surface area contributed by atoms with Gasteiger partial charge in [0, 0.05) is 17.3 Å². The summed E-state index contributed by atoms with van der Waals surface area (Å²) in [6, 6.07) is 5.84. The van der Waals surface area contributed by atoms with Crippen LogP contribution in [0.25, 0.3) is 0 Å². The third-order valence-corrected chi connectivity index (χ3v) is 8.81. The number of aromatic nitrogens is 2. The molecule has 9 N–H and O–H groups in total. The van der Waals surface area contributed by atoms with Crippen LogP contribution in [0.1, 0.15) is 39.4 Å². The van der Waals surface area contributed by atoms with Crippen LogP contribution in [-0.4, -0.2) is 76.1 Å². The van der Waals surface area contributed by atoms with Gasteiger partial charge in [0.1, 0.15) is 18.0 Å². The van der Waals surface area contributed by atoms with E-state index in [-0.39, 0.29) is 29.3 Å². The molecule has 1 fully saturated rings. The summed E-state index contributed by atoms with van der Waals surface area (Å²) in [6.45, 7) is 1.17. The molecule has 240 valence electrons. The van der Waals surface area contributed by atoms with Crippen molar-refractivity contribution >= 4 is 41.0 Å². The lowest BCUT2D eigenvalue weighted by Gasteiger charge is -2.18. The van der Waals surface area contributed by atoms with E-state index in [2.05, 4.69) is 40.3 Å². The lowest BCUT2D eigenvalue weighted by Crippen LogP contribution is -2.36. The maximum absolute atomic E-state index is 12.4. The van der Waals surface area contributed by atoms with Crippen molar-refractivity contribution in [3.05, 3.63) is 57.6 Å². The fraction of sp³-hybridized carbons (Fsp3) is 0.300. The lowest BCUT2D eigenvalue weighted by molar-refractivity contribution is -0.340. The Morgan fingerprint density at radius 2 is 1.66 bits per heavy atom. The van der Waals surface area contributed by atoms with E-state index in [9.17, 15) is 43.2 Å². The van der Waals surface area contributed by atoms with Crippen LogP contribution in [0.5, 0.6) is 0 Å². The van der Waals surface area contributed by atoms with Gasteiger partial charge in [-0.1, -0.05) is 24.0 Å². The first kappa shape index (κ1) is 35.3. The first-order valence-corrected chi connectivity index (χ1v) is 16.1. The summed E-state index contributed by atoms with van der Waals surface area (Å²) in [5, 5.41) is 23.0. The average molecular weight is 684 g/mol. The zero-order chi connectivity index (χ0) is 33.0. The number of rotatable bonds is 11. The van der Waals surface area contributed by atoms with E-state index in [0.717, 1.165) is 6.20 Å². The van der Waals surface area contributed by atoms with Crippen molar-refractivity contribution < 1.29 is 76.0 Å². The molecule has 1 aromatic heterocycles. The molecular formula is C20H23N4O17P3. The Kier molecular flexibility index (Phi) is 11.1. The summed E-state index contributed by atoms with van der Waals surface area (Å²) in [4.78, 5) is 79.6. The van der Waals surface area contributed by atoms with Gasteiger partial charge in [-0.05, 0) is 19.1 Å². The highest BCUT2D eigenvalue weighted by molar-refractivity contribution is 7.66. The quantitative estimate of drug-likeness (QED) is 0.0446. The van der Waals surface area contributed by atoms with E-state index >= 15 is 0 Å². The van der Waals surface area contributed by atoms with Gasteiger partial charge in [-0.3, -0.25) is 14.2 Å². The Morgan fingerprint density at radius 3 is 2.25 bits per heavy atom. The zero-order valence-corrected chi connectivity index (χ0v) is 24.6. The number of nitrogens with zero attached hydrogens (tertiary/aromatic N) is 2. The second kappa shape index (κ2) is 13.9. The number of aliphatic hydroxyl groups is 2. The highest BCUT2D eigenvalue weighted by atomic mass is 31.3. The number of ketones is 1. The Labute approximate surface area is 245 Å². The van der Waals surface area contributed by atoms with Crippen LogP contribution >= 0.6 is 23.5 Å². The number of aliphatic hydroxyl groups excluding tert-OH is 2. The maximum atomic E-state index is 12.4. The zero-order valence-electron chi connectivity index (χ0n) is 21.9. The first-order chi connectivity index (χ1) is 20.3. The van der Waals surface area contributed by atoms with E-state index in [1.807, 2.05) is 0 Å². The largest absolute Gasteiger partial charge is 0.508 e. The lowest BCUT2D eigenvalue weighted by atomic mass is 10.1. The Morgan fingerprint density at radius 1 is 1.05 bits per heavy atom. The van der Waals surface area contributed by atoms with Crippen molar-refractivity contribution in [3.63, 3.8) is 0 Å². The van der Waals surface area contributed by atoms with Gasteiger partial charge >= 0.3 is 29.2 Å². The molecule has 1 amide bonds. The first-order valence-electron chi connectivity index (χ1n) is 11.6. The molecule has 0 bridgehead atoms. The smallest absolute Gasteiger partial charge is 0.385 e. The SMILES string of the molecule is CC(=O)c1ccc(C(=O)NCC#Cc2cn(C3OC(OOP(=O)(O)OP(=O)(O)OP(=O)(O)O)C(O)C3O)c(=O)nc2N)cc1. The van der Waals surface area contributed by atoms with Crippen LogP contribution in [-0.2, 0) is 36.6 Å². The standard InChI is InChI=1S/C20H23N4O17P3/c1-10(25)11-4-6-12(7-5-11)17(28)22-8-2-3-13-9-24(20(29)23-16(13)21)18-14(26)15(27)19(37-18)38-39-43(33,34)41-44(35,36)40-42(30,31)32/h4-7,9,14-15,18-19,26-27H,8H2,1H3,(H,22,28)(H,33,34)(H,35,36)(H2,21,23,29)(H2,30,31,32). The van der Waals surface area contributed by atoms with Gasteiger partial charge in [0.15, 0.2) is 12.0 Å². The molecule has 44 heavy (non-hydrogen) atoms. The number of anilines is 1. The molecule has 1 aliphatic rings. The highest BCUT2D eigenvalue weighted by Gasteiger charge is 2.48. The summed E-state index contributed by atoms with van der Waals surface area (Å²) in [5.74, 6) is 4.06. The van der Waals surface area contributed by atoms with E-state index in [1.54, 1.807) is 0 Å². The van der Waals surface area contributed by atoms with Gasteiger partial charge < -0.3 is 45.6 Å². The summed E-state index contributed by atoms with van der Waals surface area (Å²) in [5.41, 5.74) is 5.16. The minimum absolute atomic E-state index is 0.104. The topological polar surface area (TPSA) is 326 Å². The molecule has 6 atom stereocenters. The predicted molar refractivity (Wildman–Crippen MR) is 141 cm³/mol. The maximum Gasteiger partial charge on any atom is 0.508 e. The number of carbonyl (C=O) groups excluding carboxylic acids is 2. The van der Waals surface area contributed by atoms with Crippen LogP contribution in [0.3, 0.4) is 0 Å². The van der Waals surface area contributed by atoms with Crippen LogP contribution in [0, 0.1) is 11.8 Å². The number of nitrogens with two attached hydrogens (primary N) is 1. The third-order valence-electron chi connectivity index (χ3n) is 5.21. The monoisotopic (exact) mass is 684 g/mol. The molecule has 0 spiro atoms. The number of benzene rings is 1. The summed E-state index contributed by atoms with van der Waals surface area (Å²) < 4.78 is 50.5. The molecule has 21 nitrogen and oxygen atoms in total. The summed E-state index contributed by atoms with van der Waals surface area (Å²) >= 11 is 0. The van der Waals surface area contributed by atoms with Crippen LogP contribution in [0.4, 0.5) is 5.82 Å². The number of ether oxygens (including phenoxy) is 1. The van der Waals surface area contributed by atoms with Gasteiger partial charge in [0.2, 0.25) is 6.29 Å². The molecule has 3 rings (SSSR count). The van der Waals surface area contributed by atoms with Crippen LogP contribution < -0.4 is 16.7 Å². The van der Waals surface area contributed by atoms with Crippen molar-refractivity contribution in [3.8, 4) is 11.8 Å². The molecular weight excluding hydrogens is 661 g/mol. The van der Waals surface area contributed by atoms with E-state index in [4.69, 9.17) is 25.2 Å². The molecule has 6 unspecified atom stereocenters. The van der Waals surface area contributed by atoms with Crippen molar-refractivity contribution in [1.82, 2.24) is 14.9 Å². The van der Waals surface area contributed by atoms with Crippen molar-refractivity contribution in [2.45, 2.75) is 31.6 Å². The Balaban J connectivity index is 1.67. The number of hydrogen-bond donors (Lipinski definition) is 8. The Bertz CT molecular complexity index is 1680. The molecule has 0 radical (unpaired) electrons. The van der Waals surface area contributed by atoms with E-state index in [1.165, 1.54) is 31.2 Å². The predicted octanol–water partition coefficient (Wildman–Crippen LogP) is -1.34. The molecule has 24 heteroatoms.